The summed E-state index contributed by atoms with van der Waals surface area (Å²) in [6.07, 6.45) is 8.25. The van der Waals surface area contributed by atoms with Crippen LogP contribution in [0.25, 0.3) is 0 Å². The summed E-state index contributed by atoms with van der Waals surface area (Å²) in [5.74, 6) is 1.29. The summed E-state index contributed by atoms with van der Waals surface area (Å²) < 4.78 is 5.45. The number of aryl methyl sites for hydroxylation is 1. The predicted molar refractivity (Wildman–Crippen MR) is 76.5 cm³/mol. The van der Waals surface area contributed by atoms with Gasteiger partial charge in [0.05, 0.1) is 13.2 Å². The van der Waals surface area contributed by atoms with Gasteiger partial charge in [0.25, 0.3) is 0 Å². The number of nitrogens with zero attached hydrogens (tertiary/aromatic N) is 1. The lowest BCUT2D eigenvalue weighted by atomic mass is 9.90. The van der Waals surface area contributed by atoms with Crippen LogP contribution < -0.4 is 4.74 Å². The van der Waals surface area contributed by atoms with Gasteiger partial charge in [0.1, 0.15) is 5.75 Å². The molecule has 0 amide bonds. The molecule has 19 heavy (non-hydrogen) atoms. The van der Waals surface area contributed by atoms with Crippen molar-refractivity contribution in [1.29, 1.82) is 0 Å². The molecule has 1 aliphatic carbocycles. The highest BCUT2D eigenvalue weighted by atomic mass is 16.5. The average Bonchev–Trinajstić information content (AvgIpc) is 2.59. The van der Waals surface area contributed by atoms with Crippen LogP contribution in [0.5, 0.6) is 5.75 Å². The lowest BCUT2D eigenvalue weighted by Gasteiger charge is -2.21. The summed E-state index contributed by atoms with van der Waals surface area (Å²) in [6.45, 7) is 4.08. The largest absolute Gasteiger partial charge is 0.496 e. The lowest BCUT2D eigenvalue weighted by molar-refractivity contribution is 0.1000. The van der Waals surface area contributed by atoms with Gasteiger partial charge < -0.3 is 9.84 Å². The van der Waals surface area contributed by atoms with Crippen LogP contribution >= 0.6 is 0 Å². The quantitative estimate of drug-likeness (QED) is 0.852. The third-order valence-corrected chi connectivity index (χ3v) is 4.32. The summed E-state index contributed by atoms with van der Waals surface area (Å²) in [5.41, 5.74) is 3.28. The molecule has 0 aliphatic heterocycles. The first-order valence-corrected chi connectivity index (χ1v) is 7.30. The van der Waals surface area contributed by atoms with Crippen molar-refractivity contribution in [1.82, 2.24) is 4.98 Å². The second-order valence-electron chi connectivity index (χ2n) is 5.72. The molecule has 3 heteroatoms. The van der Waals surface area contributed by atoms with E-state index in [0.29, 0.717) is 5.92 Å². The number of methoxy groups -OCH3 is 1. The van der Waals surface area contributed by atoms with E-state index >= 15 is 0 Å². The number of aromatic nitrogens is 1. The average molecular weight is 263 g/mol. The zero-order valence-electron chi connectivity index (χ0n) is 12.3. The van der Waals surface area contributed by atoms with Crippen LogP contribution in [-0.2, 0) is 6.42 Å². The van der Waals surface area contributed by atoms with Crippen molar-refractivity contribution in [2.45, 2.75) is 58.5 Å². The van der Waals surface area contributed by atoms with Gasteiger partial charge in [-0.15, -0.1) is 0 Å². The third-order valence-electron chi connectivity index (χ3n) is 4.32. The molecule has 2 unspecified atom stereocenters. The van der Waals surface area contributed by atoms with Gasteiger partial charge in [-0.3, -0.25) is 4.98 Å². The first kappa shape index (κ1) is 14.3. The number of hydrogen-bond acceptors (Lipinski definition) is 3. The zero-order valence-corrected chi connectivity index (χ0v) is 12.3. The predicted octanol–water partition coefficient (Wildman–Crippen LogP) is 3.19. The topological polar surface area (TPSA) is 42.4 Å². The van der Waals surface area contributed by atoms with Crippen LogP contribution in [0.2, 0.25) is 0 Å². The highest BCUT2D eigenvalue weighted by molar-refractivity contribution is 5.41. The molecule has 0 radical (unpaired) electrons. The molecular formula is C16H25NO2. The number of ether oxygens (including phenoxy) is 1. The monoisotopic (exact) mass is 263 g/mol. The van der Waals surface area contributed by atoms with E-state index in [4.69, 9.17) is 4.74 Å². The molecule has 0 spiro atoms. The van der Waals surface area contributed by atoms with Crippen molar-refractivity contribution in [2.75, 3.05) is 7.11 Å². The van der Waals surface area contributed by atoms with Crippen LogP contribution in [0, 0.1) is 19.8 Å². The Hall–Kier alpha value is -1.09. The van der Waals surface area contributed by atoms with Crippen molar-refractivity contribution in [3.8, 4) is 5.75 Å². The normalized spacial score (nSPS) is 24.0. The van der Waals surface area contributed by atoms with E-state index in [-0.39, 0.29) is 6.10 Å². The van der Waals surface area contributed by atoms with E-state index in [1.807, 2.05) is 13.1 Å². The molecule has 1 aromatic heterocycles. The minimum atomic E-state index is -0.170. The van der Waals surface area contributed by atoms with Crippen LogP contribution in [0.4, 0.5) is 0 Å². The van der Waals surface area contributed by atoms with Gasteiger partial charge in [0, 0.05) is 23.0 Å². The Bertz CT molecular complexity index is 431. The van der Waals surface area contributed by atoms with Gasteiger partial charge in [-0.05, 0) is 39.0 Å². The van der Waals surface area contributed by atoms with E-state index in [1.54, 1.807) is 7.11 Å². The Morgan fingerprint density at radius 1 is 1.26 bits per heavy atom. The molecule has 0 bridgehead atoms. The van der Waals surface area contributed by atoms with Crippen molar-refractivity contribution in [3.63, 3.8) is 0 Å². The van der Waals surface area contributed by atoms with E-state index in [2.05, 4.69) is 11.9 Å². The highest BCUT2D eigenvalue weighted by Crippen LogP contribution is 2.30. The molecule has 1 fully saturated rings. The van der Waals surface area contributed by atoms with E-state index < -0.39 is 0 Å². The maximum Gasteiger partial charge on any atom is 0.128 e. The van der Waals surface area contributed by atoms with Crippen molar-refractivity contribution >= 4 is 0 Å². The first-order chi connectivity index (χ1) is 9.13. The van der Waals surface area contributed by atoms with Crippen LogP contribution in [0.3, 0.4) is 0 Å². The fourth-order valence-corrected chi connectivity index (χ4v) is 3.13. The Kier molecular flexibility index (Phi) is 4.81. The highest BCUT2D eigenvalue weighted by Gasteiger charge is 2.23. The molecule has 3 nitrogen and oxygen atoms in total. The molecule has 0 aromatic carbocycles. The van der Waals surface area contributed by atoms with Gasteiger partial charge in [-0.1, -0.05) is 19.3 Å². The molecule has 1 aliphatic rings. The Balaban J connectivity index is 2.18. The molecule has 1 saturated carbocycles. The molecule has 1 heterocycles. The summed E-state index contributed by atoms with van der Waals surface area (Å²) in [6, 6.07) is 0. The Morgan fingerprint density at radius 2 is 2.00 bits per heavy atom. The van der Waals surface area contributed by atoms with Crippen molar-refractivity contribution in [2.24, 2.45) is 5.92 Å². The third kappa shape index (κ3) is 3.27. The number of aliphatic hydroxyl groups excluding tert-OH is 1. The van der Waals surface area contributed by atoms with Crippen molar-refractivity contribution in [3.05, 3.63) is 23.0 Å². The molecule has 2 atom stereocenters. The van der Waals surface area contributed by atoms with Crippen LogP contribution in [0.15, 0.2) is 6.20 Å². The molecular weight excluding hydrogens is 238 g/mol. The Morgan fingerprint density at radius 3 is 2.74 bits per heavy atom. The van der Waals surface area contributed by atoms with Gasteiger partial charge in [0.2, 0.25) is 0 Å². The zero-order chi connectivity index (χ0) is 13.8. The minimum absolute atomic E-state index is 0.170. The van der Waals surface area contributed by atoms with Gasteiger partial charge in [-0.2, -0.15) is 0 Å². The summed E-state index contributed by atoms with van der Waals surface area (Å²) in [7, 11) is 1.71. The lowest BCUT2D eigenvalue weighted by Crippen LogP contribution is -2.22. The number of rotatable bonds is 3. The second-order valence-corrected chi connectivity index (χ2v) is 5.72. The fourth-order valence-electron chi connectivity index (χ4n) is 3.13. The molecule has 1 N–H and O–H groups in total. The first-order valence-electron chi connectivity index (χ1n) is 7.30. The molecule has 106 valence electrons. The number of hydrogen-bond donors (Lipinski definition) is 1. The summed E-state index contributed by atoms with van der Waals surface area (Å²) >= 11 is 0. The molecule has 1 aromatic rings. The number of pyridine rings is 1. The van der Waals surface area contributed by atoms with Crippen molar-refractivity contribution < 1.29 is 9.84 Å². The molecule has 2 rings (SSSR count). The van der Waals surface area contributed by atoms with Gasteiger partial charge in [0.15, 0.2) is 0 Å². The smallest absolute Gasteiger partial charge is 0.128 e. The van der Waals surface area contributed by atoms with E-state index in [0.717, 1.165) is 48.3 Å². The maximum atomic E-state index is 10.2. The van der Waals surface area contributed by atoms with E-state index in [9.17, 15) is 5.11 Å². The maximum absolute atomic E-state index is 10.2. The van der Waals surface area contributed by atoms with Crippen LogP contribution in [-0.4, -0.2) is 23.3 Å². The van der Waals surface area contributed by atoms with Gasteiger partial charge in [-0.25, -0.2) is 0 Å². The van der Waals surface area contributed by atoms with Crippen LogP contribution in [0.1, 0.15) is 48.9 Å². The fraction of sp³-hybridized carbons (Fsp3) is 0.688. The second kappa shape index (κ2) is 6.38. The number of aliphatic hydroxyl groups is 1. The molecule has 0 saturated heterocycles. The van der Waals surface area contributed by atoms with Gasteiger partial charge >= 0.3 is 0 Å². The Labute approximate surface area is 116 Å². The summed E-state index contributed by atoms with van der Waals surface area (Å²) in [5, 5.41) is 10.2. The SMILES string of the molecule is COc1c(C)cnc(CC2CCCCCC2O)c1C. The standard InChI is InChI=1S/C16H25NO2/c1-11-10-17-14(12(2)16(11)19-3)9-13-7-5-4-6-8-15(13)18/h10,13,15,18H,4-9H2,1-3H3. The minimum Gasteiger partial charge on any atom is -0.496 e. The summed E-state index contributed by atoms with van der Waals surface area (Å²) in [4.78, 5) is 4.55. The van der Waals surface area contributed by atoms with E-state index in [1.165, 1.54) is 12.8 Å².